The lowest BCUT2D eigenvalue weighted by Gasteiger charge is -2.41. The van der Waals surface area contributed by atoms with E-state index in [-0.39, 0.29) is 67.3 Å². The van der Waals surface area contributed by atoms with Crippen molar-refractivity contribution in [2.24, 2.45) is 0 Å². The summed E-state index contributed by atoms with van der Waals surface area (Å²) in [6.45, 7) is 5.23. The molecule has 3 aromatic rings. The Morgan fingerprint density at radius 2 is 1.78 bits per heavy atom. The number of nitrogens with zero attached hydrogens (tertiary/aromatic N) is 4. The third-order valence-corrected chi connectivity index (χ3v) is 13.2. The quantitative estimate of drug-likeness (QED) is 0.319. The number of nitrogens with one attached hydrogen (secondary N) is 1. The standard InChI is InChI=1S/C37H43ClFN5O9S/c1-20-31(42-11-10-41(2)23(15-42)17-50-3)14-29(38)33-25-8-9-43(16-28(25)37(47)53-34(20)33)36(46)26-13-32(52-24-6-7-24)27(12-30(26)39)35(45)40-54(48,49)44-21-4-5-22(44)19-51-18-21/h12-14,21-24H,4-11,15-19H2,1-3H3,(H,40,45)/t21?,22?,23-/m1/s1. The van der Waals surface area contributed by atoms with Crippen LogP contribution in [0.5, 0.6) is 5.75 Å². The Labute approximate surface area is 317 Å². The summed E-state index contributed by atoms with van der Waals surface area (Å²) in [5.74, 6) is -2.92. The van der Waals surface area contributed by atoms with E-state index in [1.54, 1.807) is 7.11 Å². The summed E-state index contributed by atoms with van der Waals surface area (Å²) in [6.07, 6.45) is 2.62. The first-order valence-corrected chi connectivity index (χ1v) is 20.1. The first kappa shape index (κ1) is 37.1. The van der Waals surface area contributed by atoms with Crippen molar-refractivity contribution in [3.05, 3.63) is 67.3 Å². The summed E-state index contributed by atoms with van der Waals surface area (Å²) in [5.41, 5.74) is 1.67. The number of piperazine rings is 1. The van der Waals surface area contributed by atoms with Crippen LogP contribution in [0.4, 0.5) is 10.1 Å². The first-order valence-electron chi connectivity index (χ1n) is 18.3. The lowest BCUT2D eigenvalue weighted by molar-refractivity contribution is 0.0263. The molecule has 2 unspecified atom stereocenters. The van der Waals surface area contributed by atoms with Crippen LogP contribution in [0.15, 0.2) is 27.4 Å². The van der Waals surface area contributed by atoms with E-state index in [0.29, 0.717) is 60.4 Å². The molecule has 1 aliphatic carbocycles. The summed E-state index contributed by atoms with van der Waals surface area (Å²) >= 11 is 6.94. The number of ether oxygens (including phenoxy) is 3. The normalized spacial score (nSPS) is 23.5. The second kappa shape index (κ2) is 14.4. The van der Waals surface area contributed by atoms with Gasteiger partial charge in [0.05, 0.1) is 72.3 Å². The van der Waals surface area contributed by atoms with Gasteiger partial charge < -0.3 is 28.4 Å². The average Bonchev–Trinajstić information content (AvgIpc) is 3.92. The largest absolute Gasteiger partial charge is 0.490 e. The van der Waals surface area contributed by atoms with Gasteiger partial charge in [-0.25, -0.2) is 13.9 Å². The van der Waals surface area contributed by atoms with Gasteiger partial charge in [0.25, 0.3) is 11.8 Å². The minimum absolute atomic E-state index is 0.102. The van der Waals surface area contributed by atoms with Gasteiger partial charge in [0.2, 0.25) is 0 Å². The summed E-state index contributed by atoms with van der Waals surface area (Å²) in [6, 6.07) is 3.27. The van der Waals surface area contributed by atoms with Crippen molar-refractivity contribution >= 4 is 50.3 Å². The zero-order chi connectivity index (χ0) is 38.1. The lowest BCUT2D eigenvalue weighted by atomic mass is 9.94. The maximum absolute atomic E-state index is 15.9. The number of methoxy groups -OCH3 is 1. The number of likely N-dealkylation sites (N-methyl/N-ethyl adjacent to an activating group) is 1. The molecule has 8 rings (SSSR count). The van der Waals surface area contributed by atoms with Crippen molar-refractivity contribution in [3.8, 4) is 5.75 Å². The minimum Gasteiger partial charge on any atom is -0.490 e. The number of benzene rings is 2. The second-order valence-electron chi connectivity index (χ2n) is 14.9. The van der Waals surface area contributed by atoms with Crippen LogP contribution in [0.25, 0.3) is 11.0 Å². The molecule has 54 heavy (non-hydrogen) atoms. The van der Waals surface area contributed by atoms with Gasteiger partial charge in [0.1, 0.15) is 17.1 Å². The molecule has 3 atom stereocenters. The minimum atomic E-state index is -4.28. The highest BCUT2D eigenvalue weighted by molar-refractivity contribution is 7.87. The van der Waals surface area contributed by atoms with Crippen molar-refractivity contribution in [3.63, 3.8) is 0 Å². The highest BCUT2D eigenvalue weighted by Crippen LogP contribution is 2.39. The molecule has 3 saturated heterocycles. The molecular formula is C37H43ClFN5O9S. The number of aryl methyl sites for hydroxylation is 1. The smallest absolute Gasteiger partial charge is 0.341 e. The molecule has 0 spiro atoms. The number of anilines is 1. The maximum Gasteiger partial charge on any atom is 0.341 e. The van der Waals surface area contributed by atoms with E-state index in [0.717, 1.165) is 36.5 Å². The Kier molecular flexibility index (Phi) is 9.88. The maximum atomic E-state index is 15.9. The highest BCUT2D eigenvalue weighted by atomic mass is 35.5. The third-order valence-electron chi connectivity index (χ3n) is 11.3. The number of hydrogen-bond donors (Lipinski definition) is 1. The van der Waals surface area contributed by atoms with E-state index in [2.05, 4.69) is 21.6 Å². The summed E-state index contributed by atoms with van der Waals surface area (Å²) in [4.78, 5) is 46.8. The number of morpholine rings is 1. The number of halogens is 2. The van der Waals surface area contributed by atoms with E-state index in [9.17, 15) is 22.8 Å². The number of amides is 2. The monoisotopic (exact) mass is 787 g/mol. The van der Waals surface area contributed by atoms with E-state index in [1.807, 2.05) is 13.0 Å². The summed E-state index contributed by atoms with van der Waals surface area (Å²) < 4.78 is 68.6. The van der Waals surface area contributed by atoms with Gasteiger partial charge in [0, 0.05) is 49.9 Å². The average molecular weight is 788 g/mol. The molecule has 1 N–H and O–H groups in total. The van der Waals surface area contributed by atoms with Crippen LogP contribution in [0.3, 0.4) is 0 Å². The zero-order valence-corrected chi connectivity index (χ0v) is 31.9. The van der Waals surface area contributed by atoms with Crippen LogP contribution in [0.2, 0.25) is 5.02 Å². The van der Waals surface area contributed by atoms with Gasteiger partial charge in [-0.05, 0) is 69.8 Å². The zero-order valence-electron chi connectivity index (χ0n) is 30.4. The molecule has 17 heteroatoms. The molecule has 0 radical (unpaired) electrons. The fourth-order valence-corrected chi connectivity index (χ4v) is 10.1. The van der Waals surface area contributed by atoms with E-state index in [4.69, 9.17) is 30.2 Å². The van der Waals surface area contributed by atoms with Crippen LogP contribution in [0.1, 0.15) is 63.1 Å². The van der Waals surface area contributed by atoms with Crippen molar-refractivity contribution in [2.45, 2.75) is 69.8 Å². The van der Waals surface area contributed by atoms with E-state index < -0.39 is 45.6 Å². The van der Waals surface area contributed by atoms with Crippen molar-refractivity contribution < 1.29 is 41.0 Å². The third kappa shape index (κ3) is 6.74. The van der Waals surface area contributed by atoms with Crippen LogP contribution in [-0.2, 0) is 32.6 Å². The Morgan fingerprint density at radius 1 is 1.04 bits per heavy atom. The van der Waals surface area contributed by atoms with Gasteiger partial charge in [-0.3, -0.25) is 14.5 Å². The molecule has 14 nitrogen and oxygen atoms in total. The molecule has 5 heterocycles. The lowest BCUT2D eigenvalue weighted by Crippen LogP contribution is -2.54. The first-order chi connectivity index (χ1) is 25.8. The van der Waals surface area contributed by atoms with Crippen molar-refractivity contribution in [2.75, 3.05) is 65.1 Å². The molecule has 290 valence electrons. The van der Waals surface area contributed by atoms with Gasteiger partial charge in [-0.1, -0.05) is 11.6 Å². The molecule has 2 amide bonds. The van der Waals surface area contributed by atoms with Gasteiger partial charge in [-0.15, -0.1) is 0 Å². The fraction of sp³-hybridized carbons (Fsp3) is 0.541. The molecular weight excluding hydrogens is 745 g/mol. The summed E-state index contributed by atoms with van der Waals surface area (Å²) in [7, 11) is -0.534. The fourth-order valence-electron chi connectivity index (χ4n) is 8.28. The number of rotatable bonds is 9. The molecule has 4 aliphatic heterocycles. The molecule has 1 aromatic heterocycles. The number of carbonyl (C=O) groups excluding carboxylic acids is 2. The van der Waals surface area contributed by atoms with Crippen LogP contribution < -0.4 is 20.0 Å². The molecule has 4 fully saturated rings. The van der Waals surface area contributed by atoms with Crippen molar-refractivity contribution in [1.29, 1.82) is 0 Å². The van der Waals surface area contributed by atoms with Gasteiger partial charge in [-0.2, -0.15) is 12.7 Å². The number of fused-ring (bicyclic) bond motifs is 5. The van der Waals surface area contributed by atoms with Crippen LogP contribution >= 0.6 is 11.6 Å². The molecule has 5 aliphatic rings. The Hall–Kier alpha value is -3.80. The van der Waals surface area contributed by atoms with E-state index in [1.165, 1.54) is 9.21 Å². The Balaban J connectivity index is 1.05. The second-order valence-corrected chi connectivity index (χ2v) is 16.9. The van der Waals surface area contributed by atoms with Gasteiger partial charge >= 0.3 is 15.8 Å². The topological polar surface area (TPSA) is 151 Å². The molecule has 2 bridgehead atoms. The number of carbonyl (C=O) groups is 2. The van der Waals surface area contributed by atoms with Gasteiger partial charge in [0.15, 0.2) is 0 Å². The van der Waals surface area contributed by atoms with Crippen LogP contribution in [0, 0.1) is 12.7 Å². The highest BCUT2D eigenvalue weighted by Gasteiger charge is 2.45. The van der Waals surface area contributed by atoms with Crippen molar-refractivity contribution in [1.82, 2.24) is 18.8 Å². The molecule has 1 saturated carbocycles. The predicted octanol–water partition coefficient (Wildman–Crippen LogP) is 3.24. The van der Waals surface area contributed by atoms with E-state index >= 15 is 4.39 Å². The van der Waals surface area contributed by atoms with Crippen LogP contribution in [-0.4, -0.2) is 119 Å². The number of hydrogen-bond acceptors (Lipinski definition) is 11. The Morgan fingerprint density at radius 3 is 2.48 bits per heavy atom. The molecule has 2 aromatic carbocycles. The summed E-state index contributed by atoms with van der Waals surface area (Å²) in [5, 5.41) is 1.04. The Bertz CT molecular complexity index is 2180. The predicted molar refractivity (Wildman–Crippen MR) is 197 cm³/mol. The SMILES string of the molecule is COC[C@H]1CN(c2cc(Cl)c3c4c(c(=O)oc3c2C)CN(C(=O)c2cc(OC3CC3)c(C(=O)NS(=O)(=O)N3C5CCC3COC5)cc2F)CC4)CCN1C.